The van der Waals surface area contributed by atoms with Gasteiger partial charge in [0.25, 0.3) is 0 Å². The van der Waals surface area contributed by atoms with E-state index in [2.05, 4.69) is 34.6 Å². The van der Waals surface area contributed by atoms with Crippen LogP contribution < -0.4 is 5.73 Å². The van der Waals surface area contributed by atoms with Crippen LogP contribution in [0.4, 0.5) is 0 Å². The van der Waals surface area contributed by atoms with Crippen molar-refractivity contribution in [3.8, 4) is 0 Å². The third-order valence-corrected chi connectivity index (χ3v) is 2.58. The van der Waals surface area contributed by atoms with Gasteiger partial charge in [-0.15, -0.1) is 0 Å². The summed E-state index contributed by atoms with van der Waals surface area (Å²) in [5.41, 5.74) is 6.48. The molecule has 0 fully saturated rings. The van der Waals surface area contributed by atoms with Gasteiger partial charge in [-0.25, -0.2) is 0 Å². The average Bonchev–Trinajstić information content (AvgIpc) is 2.00. The molecule has 0 aromatic carbocycles. The van der Waals surface area contributed by atoms with E-state index in [0.717, 1.165) is 12.8 Å². The Morgan fingerprint density at radius 1 is 1.21 bits per heavy atom. The fraction of sp³-hybridized carbons (Fsp3) is 1.00. The molecule has 14 heavy (non-hydrogen) atoms. The normalized spacial score (nSPS) is 17.1. The minimum atomic E-state index is 0.166. The van der Waals surface area contributed by atoms with Crippen LogP contribution in [0, 0.1) is 11.3 Å². The summed E-state index contributed by atoms with van der Waals surface area (Å²) in [4.78, 5) is 0. The molecule has 0 heterocycles. The number of rotatable bonds is 5. The third-order valence-electron chi connectivity index (χ3n) is 2.58. The lowest BCUT2D eigenvalue weighted by molar-refractivity contribution is 0.0390. The van der Waals surface area contributed by atoms with Gasteiger partial charge in [0.05, 0.1) is 6.10 Å². The van der Waals surface area contributed by atoms with Gasteiger partial charge >= 0.3 is 0 Å². The standard InChI is InChI=1S/C12H27NO/c1-9(2)11(14-6)10(13)7-8-12(3,4)5/h9-11H,7-8,13H2,1-6H3. The van der Waals surface area contributed by atoms with Crippen molar-refractivity contribution in [2.24, 2.45) is 17.1 Å². The van der Waals surface area contributed by atoms with Crippen molar-refractivity contribution in [2.75, 3.05) is 7.11 Å². The Labute approximate surface area is 89.2 Å². The van der Waals surface area contributed by atoms with E-state index >= 15 is 0 Å². The van der Waals surface area contributed by atoms with E-state index in [-0.39, 0.29) is 12.1 Å². The molecule has 2 N–H and O–H groups in total. The molecular formula is C12H27NO. The summed E-state index contributed by atoms with van der Waals surface area (Å²) in [5, 5.41) is 0. The van der Waals surface area contributed by atoms with E-state index < -0.39 is 0 Å². The number of methoxy groups -OCH3 is 1. The first-order valence-electron chi connectivity index (χ1n) is 5.56. The predicted molar refractivity (Wildman–Crippen MR) is 62.3 cm³/mol. The van der Waals surface area contributed by atoms with E-state index in [0.29, 0.717) is 11.3 Å². The second kappa shape index (κ2) is 5.72. The average molecular weight is 201 g/mol. The third kappa shape index (κ3) is 5.61. The molecule has 0 aliphatic rings. The van der Waals surface area contributed by atoms with Crippen LogP contribution in [0.2, 0.25) is 0 Å². The van der Waals surface area contributed by atoms with Crippen molar-refractivity contribution in [1.29, 1.82) is 0 Å². The van der Waals surface area contributed by atoms with E-state index in [1.165, 1.54) is 0 Å². The Balaban J connectivity index is 3.99. The highest BCUT2D eigenvalue weighted by Gasteiger charge is 2.22. The summed E-state index contributed by atoms with van der Waals surface area (Å²) in [7, 11) is 1.75. The van der Waals surface area contributed by atoms with Gasteiger partial charge in [-0.3, -0.25) is 0 Å². The van der Waals surface area contributed by atoms with E-state index in [4.69, 9.17) is 10.5 Å². The van der Waals surface area contributed by atoms with Crippen LogP contribution >= 0.6 is 0 Å². The lowest BCUT2D eigenvalue weighted by Crippen LogP contribution is -2.40. The van der Waals surface area contributed by atoms with Crippen molar-refractivity contribution >= 4 is 0 Å². The second-order valence-electron chi connectivity index (χ2n) is 5.71. The molecule has 2 nitrogen and oxygen atoms in total. The molecule has 0 aromatic rings. The maximum Gasteiger partial charge on any atom is 0.0744 e. The molecule has 0 bridgehead atoms. The molecule has 0 aliphatic heterocycles. The predicted octanol–water partition coefficient (Wildman–Crippen LogP) is 2.81. The zero-order chi connectivity index (χ0) is 11.4. The monoisotopic (exact) mass is 201 g/mol. The summed E-state index contributed by atoms with van der Waals surface area (Å²) in [6, 6.07) is 0.166. The quantitative estimate of drug-likeness (QED) is 0.742. The molecule has 0 aliphatic carbocycles. The Hall–Kier alpha value is -0.0800. The van der Waals surface area contributed by atoms with Crippen molar-refractivity contribution in [1.82, 2.24) is 0 Å². The Bertz CT molecular complexity index is 149. The second-order valence-corrected chi connectivity index (χ2v) is 5.71. The van der Waals surface area contributed by atoms with Crippen molar-refractivity contribution in [3.05, 3.63) is 0 Å². The number of ether oxygens (including phenoxy) is 1. The fourth-order valence-corrected chi connectivity index (χ4v) is 1.71. The first kappa shape index (κ1) is 13.9. The molecular weight excluding hydrogens is 174 g/mol. The van der Waals surface area contributed by atoms with Gasteiger partial charge in [0.1, 0.15) is 0 Å². The number of hydrogen-bond acceptors (Lipinski definition) is 2. The zero-order valence-electron chi connectivity index (χ0n) is 10.6. The van der Waals surface area contributed by atoms with Crippen molar-refractivity contribution < 1.29 is 4.74 Å². The summed E-state index contributed by atoms with van der Waals surface area (Å²) >= 11 is 0. The fourth-order valence-electron chi connectivity index (χ4n) is 1.71. The van der Waals surface area contributed by atoms with Crippen LogP contribution in [-0.2, 0) is 4.74 Å². The van der Waals surface area contributed by atoms with Crippen molar-refractivity contribution in [3.63, 3.8) is 0 Å². The molecule has 2 unspecified atom stereocenters. The lowest BCUT2D eigenvalue weighted by atomic mass is 9.86. The molecule has 0 amide bonds. The summed E-state index contributed by atoms with van der Waals surface area (Å²) in [5.74, 6) is 0.495. The van der Waals surface area contributed by atoms with Crippen LogP contribution in [0.1, 0.15) is 47.5 Å². The molecule has 2 heteroatoms. The van der Waals surface area contributed by atoms with Crippen LogP contribution in [-0.4, -0.2) is 19.3 Å². The van der Waals surface area contributed by atoms with Crippen LogP contribution in [0.25, 0.3) is 0 Å². The highest BCUT2D eigenvalue weighted by atomic mass is 16.5. The Morgan fingerprint density at radius 2 is 1.71 bits per heavy atom. The van der Waals surface area contributed by atoms with Gasteiger partial charge in [0.2, 0.25) is 0 Å². The van der Waals surface area contributed by atoms with Gasteiger partial charge in [-0.05, 0) is 24.2 Å². The van der Waals surface area contributed by atoms with Gasteiger partial charge < -0.3 is 10.5 Å². The van der Waals surface area contributed by atoms with Crippen molar-refractivity contribution in [2.45, 2.75) is 59.6 Å². The molecule has 86 valence electrons. The Kier molecular flexibility index (Phi) is 5.68. The highest BCUT2D eigenvalue weighted by molar-refractivity contribution is 4.78. The zero-order valence-corrected chi connectivity index (χ0v) is 10.6. The van der Waals surface area contributed by atoms with Crippen LogP contribution in [0.3, 0.4) is 0 Å². The van der Waals surface area contributed by atoms with Gasteiger partial charge in [-0.1, -0.05) is 34.6 Å². The molecule has 0 saturated carbocycles. The smallest absolute Gasteiger partial charge is 0.0744 e. The van der Waals surface area contributed by atoms with E-state index in [1.54, 1.807) is 7.11 Å². The highest BCUT2D eigenvalue weighted by Crippen LogP contribution is 2.23. The maximum absolute atomic E-state index is 6.11. The minimum absolute atomic E-state index is 0.166. The SMILES string of the molecule is COC(C(C)C)C(N)CCC(C)(C)C. The maximum atomic E-state index is 6.11. The summed E-state index contributed by atoms with van der Waals surface area (Å²) in [6.07, 6.45) is 2.39. The molecule has 0 aromatic heterocycles. The van der Waals surface area contributed by atoms with Crippen LogP contribution in [0.5, 0.6) is 0 Å². The van der Waals surface area contributed by atoms with Gasteiger partial charge in [-0.2, -0.15) is 0 Å². The van der Waals surface area contributed by atoms with Gasteiger partial charge in [0, 0.05) is 13.2 Å². The first-order valence-corrected chi connectivity index (χ1v) is 5.56. The minimum Gasteiger partial charge on any atom is -0.380 e. The molecule has 2 atom stereocenters. The molecule has 0 rings (SSSR count). The molecule has 0 spiro atoms. The number of nitrogens with two attached hydrogens (primary N) is 1. The summed E-state index contributed by atoms with van der Waals surface area (Å²) in [6.45, 7) is 11.1. The first-order chi connectivity index (χ1) is 6.28. The molecule has 0 radical (unpaired) electrons. The Morgan fingerprint density at radius 3 is 2.00 bits per heavy atom. The van der Waals surface area contributed by atoms with Gasteiger partial charge in [0.15, 0.2) is 0 Å². The lowest BCUT2D eigenvalue weighted by Gasteiger charge is -2.28. The molecule has 0 saturated heterocycles. The topological polar surface area (TPSA) is 35.2 Å². The van der Waals surface area contributed by atoms with E-state index in [9.17, 15) is 0 Å². The van der Waals surface area contributed by atoms with Crippen LogP contribution in [0.15, 0.2) is 0 Å². The largest absolute Gasteiger partial charge is 0.380 e. The van der Waals surface area contributed by atoms with E-state index in [1.807, 2.05) is 0 Å². The number of hydrogen-bond donors (Lipinski definition) is 1. The summed E-state index contributed by atoms with van der Waals surface area (Å²) < 4.78 is 5.41.